The zero-order valence-electron chi connectivity index (χ0n) is 66.1. The summed E-state index contributed by atoms with van der Waals surface area (Å²) in [6.45, 7) is 39.7. The minimum Gasteiger partial charge on any atom is -0.462 e. The average Bonchev–Trinajstić information content (AvgIpc) is 1.68. The van der Waals surface area contributed by atoms with E-state index in [0.717, 1.165) is 22.8 Å². The second-order valence-corrected chi connectivity index (χ2v) is 29.1. The van der Waals surface area contributed by atoms with Crippen LogP contribution in [0.3, 0.4) is 0 Å². The van der Waals surface area contributed by atoms with Gasteiger partial charge in [0.2, 0.25) is 0 Å². The van der Waals surface area contributed by atoms with E-state index >= 15 is 0 Å². The van der Waals surface area contributed by atoms with Crippen LogP contribution in [0, 0.1) is 11.3 Å². The molecule has 1 amide bonds. The van der Waals surface area contributed by atoms with Crippen molar-refractivity contribution < 1.29 is 57.2 Å². The molecule has 0 aliphatic carbocycles. The van der Waals surface area contributed by atoms with Crippen LogP contribution in [0.15, 0.2) is 152 Å². The average molecular weight is 1480 g/mol. The Bertz CT molecular complexity index is 3730. The SMILES string of the molecule is C.CC(=O)/C(=C\N(C)C)C(=O)COC(C)(C)C.CC(=O)CC(=O)COC(C)(C)C.CC(C)(C)OCc1c(C#N)cnn1-c1ccccc1.CC(C)(C)OCc1c(C(N)=O)cnn1-c1ccccc1.CC(C)N(C)C.CCOC(=O)c1cnn(-c2ccccc2)c1COC(C)(C)C.Cl.NCc1ccccc1. The van der Waals surface area contributed by atoms with Crippen molar-refractivity contribution in [2.24, 2.45) is 11.5 Å². The molecule has 0 saturated carbocycles. The zero-order chi connectivity index (χ0) is 78.5. The van der Waals surface area contributed by atoms with Crippen molar-refractivity contribution in [2.45, 2.75) is 213 Å². The molecule has 23 nitrogen and oxygen atoms in total. The maximum Gasteiger partial charge on any atom is 0.341 e. The normalized spacial score (nSPS) is 11.2. The molecule has 0 unspecified atom stereocenters. The van der Waals surface area contributed by atoms with Gasteiger partial charge in [-0.2, -0.15) is 20.6 Å². The molecule has 7 rings (SSSR count). The summed E-state index contributed by atoms with van der Waals surface area (Å²) in [5.41, 5.74) is 16.7. The Morgan fingerprint density at radius 2 is 0.886 bits per heavy atom. The third-order valence-electron chi connectivity index (χ3n) is 13.3. The van der Waals surface area contributed by atoms with Gasteiger partial charge in [0.15, 0.2) is 17.3 Å². The molecule has 3 heterocycles. The van der Waals surface area contributed by atoms with Gasteiger partial charge in [0.05, 0.1) is 130 Å². The fourth-order valence-corrected chi connectivity index (χ4v) is 7.66. The molecule has 0 spiro atoms. The summed E-state index contributed by atoms with van der Waals surface area (Å²) in [6.07, 6.45) is 6.10. The van der Waals surface area contributed by atoms with Gasteiger partial charge in [0, 0.05) is 32.9 Å². The first-order valence-electron chi connectivity index (χ1n) is 34.1. The lowest BCUT2D eigenvalue weighted by Gasteiger charge is -2.20. The molecule has 0 bridgehead atoms. The molecule has 24 heteroatoms. The van der Waals surface area contributed by atoms with E-state index in [4.69, 9.17) is 45.2 Å². The van der Waals surface area contributed by atoms with Crippen molar-refractivity contribution >= 4 is 47.4 Å². The van der Waals surface area contributed by atoms with Crippen molar-refractivity contribution in [1.29, 1.82) is 5.26 Å². The first-order chi connectivity index (χ1) is 47.8. The second-order valence-electron chi connectivity index (χ2n) is 29.1. The third-order valence-corrected chi connectivity index (χ3v) is 13.3. The highest BCUT2D eigenvalue weighted by molar-refractivity contribution is 6.19. The van der Waals surface area contributed by atoms with E-state index in [-0.39, 0.29) is 115 Å². The lowest BCUT2D eigenvalue weighted by atomic mass is 10.1. The number of hydrogen-bond donors (Lipinski definition) is 2. The van der Waals surface area contributed by atoms with Gasteiger partial charge >= 0.3 is 5.97 Å². The number of ether oxygens (including phenoxy) is 6. The number of ketones is 4. The number of amides is 1. The van der Waals surface area contributed by atoms with E-state index in [1.807, 2.05) is 225 Å². The van der Waals surface area contributed by atoms with Crippen molar-refractivity contribution in [3.8, 4) is 23.1 Å². The molecule has 0 saturated heterocycles. The smallest absolute Gasteiger partial charge is 0.341 e. The van der Waals surface area contributed by atoms with Crippen LogP contribution < -0.4 is 11.5 Å². The maximum atomic E-state index is 12.1. The Morgan fingerprint density at radius 1 is 0.543 bits per heavy atom. The fourth-order valence-electron chi connectivity index (χ4n) is 7.66. The zero-order valence-corrected chi connectivity index (χ0v) is 66.9. The largest absolute Gasteiger partial charge is 0.462 e. The van der Waals surface area contributed by atoms with Crippen LogP contribution in [-0.4, -0.2) is 156 Å². The van der Waals surface area contributed by atoms with Crippen LogP contribution in [0.5, 0.6) is 0 Å². The summed E-state index contributed by atoms with van der Waals surface area (Å²) in [5, 5.41) is 22.0. The topological polar surface area (TPSA) is 294 Å². The lowest BCUT2D eigenvalue weighted by Crippen LogP contribution is -2.26. The van der Waals surface area contributed by atoms with Crippen LogP contribution in [0.1, 0.15) is 201 Å². The van der Waals surface area contributed by atoms with Gasteiger partial charge < -0.3 is 49.7 Å². The predicted octanol–water partition coefficient (Wildman–Crippen LogP) is 14.6. The number of para-hydroxylation sites is 3. The number of nitriles is 1. The number of carbonyl (C=O) groups excluding carboxylic acids is 6. The lowest BCUT2D eigenvalue weighted by molar-refractivity contribution is -0.132. The van der Waals surface area contributed by atoms with Crippen LogP contribution in [-0.2, 0) is 74.0 Å². The maximum absolute atomic E-state index is 12.1. The van der Waals surface area contributed by atoms with Crippen molar-refractivity contribution in [2.75, 3.05) is 48.0 Å². The number of carbonyl (C=O) groups is 6. The highest BCUT2D eigenvalue weighted by atomic mass is 35.5. The Morgan fingerprint density at radius 3 is 1.20 bits per heavy atom. The fraction of sp³-hybridized carbons (Fsp3) is 0.481. The first-order valence-corrected chi connectivity index (χ1v) is 34.1. The van der Waals surface area contributed by atoms with Gasteiger partial charge in [-0.25, -0.2) is 18.8 Å². The third kappa shape index (κ3) is 42.7. The molecule has 0 atom stereocenters. The van der Waals surface area contributed by atoms with E-state index in [9.17, 15) is 28.8 Å². The summed E-state index contributed by atoms with van der Waals surface area (Å²) in [4.78, 5) is 71.9. The molecule has 4 N–H and O–H groups in total. The number of rotatable bonds is 23. The Kier molecular flexibility index (Phi) is 45.2. The minimum absolute atomic E-state index is 0. The van der Waals surface area contributed by atoms with E-state index in [1.165, 1.54) is 38.0 Å². The van der Waals surface area contributed by atoms with E-state index in [1.54, 1.807) is 46.2 Å². The number of halogens is 1. The number of aromatic nitrogens is 6. The number of hydrogen-bond acceptors (Lipinski definition) is 19. The monoisotopic (exact) mass is 1480 g/mol. The van der Waals surface area contributed by atoms with E-state index in [2.05, 4.69) is 54.2 Å². The van der Waals surface area contributed by atoms with E-state index < -0.39 is 5.91 Å². The Labute approximate surface area is 632 Å². The summed E-state index contributed by atoms with van der Waals surface area (Å²) >= 11 is 0. The van der Waals surface area contributed by atoms with Crippen molar-refractivity contribution in [1.82, 2.24) is 39.1 Å². The number of primary amides is 1. The number of esters is 1. The van der Waals surface area contributed by atoms with Crippen molar-refractivity contribution in [3.05, 3.63) is 191 Å². The molecule has 105 heavy (non-hydrogen) atoms. The van der Waals surface area contributed by atoms with Gasteiger partial charge in [0.25, 0.3) is 5.91 Å². The standard InChI is InChI=1S/C17H22N2O3.C15H19N3O2.C15H17N3O.C12H21NO3.C9H16O3.C7H9N.C5H13N.CH4.ClH/c1-5-21-16(20)14-11-18-19(13-9-7-6-8-10-13)15(14)12-22-17(2,3)4;1-15(2,3)20-10-13-12(14(16)19)9-17-18(13)11-7-5-4-6-8-11;1-15(2,3)19-11-14-12(9-16)10-17-18(14)13-7-5-4-6-8-13;1-9(14)10(7-13(5)6)11(15)8-16-12(2,3)4;1-7(10)5-8(11)6-12-9(2,3)4;8-6-7-4-2-1-3-5-7;1-5(2)6(3)4;;/h6-11H,5,12H2,1-4H3;4-9H,10H2,1-3H3,(H2,16,19);4-8,10H,11H2,1-3H3;7H,8H2,1-6H3;5-6H2,1-4H3;1-5H,6,8H2;5H,1-4H3;1H4;1H/b;;;10-7+;;;;;. The molecule has 4 aromatic carbocycles. The van der Waals surface area contributed by atoms with Crippen LogP contribution in [0.4, 0.5) is 0 Å². The highest BCUT2D eigenvalue weighted by Gasteiger charge is 2.24. The van der Waals surface area contributed by atoms with Crippen LogP contribution in [0.25, 0.3) is 17.1 Å². The number of nitrogens with two attached hydrogens (primary N) is 2. The van der Waals surface area contributed by atoms with Gasteiger partial charge in [-0.1, -0.05) is 92.4 Å². The molecular weight excluding hydrogens is 1350 g/mol. The second kappa shape index (κ2) is 48.3. The van der Waals surface area contributed by atoms with Gasteiger partial charge in [-0.3, -0.25) is 24.0 Å². The summed E-state index contributed by atoms with van der Waals surface area (Å²) in [6, 6.07) is 41.8. The summed E-state index contributed by atoms with van der Waals surface area (Å²) in [7, 11) is 7.68. The van der Waals surface area contributed by atoms with Gasteiger partial charge in [-0.15, -0.1) is 12.4 Å². The summed E-state index contributed by atoms with van der Waals surface area (Å²) < 4.78 is 38.2. The first kappa shape index (κ1) is 98.2. The molecular formula is C81H122ClN11O12. The van der Waals surface area contributed by atoms with E-state index in [0.29, 0.717) is 53.9 Å². The molecule has 0 aliphatic heterocycles. The molecule has 0 aliphatic rings. The molecule has 7 aromatic rings. The van der Waals surface area contributed by atoms with Crippen LogP contribution in [0.2, 0.25) is 0 Å². The predicted molar refractivity (Wildman–Crippen MR) is 420 cm³/mol. The number of Topliss-reactive ketones (excluding diaryl/α,β-unsaturated/α-hetero) is 4. The Balaban J connectivity index is 0. The highest BCUT2D eigenvalue weighted by Crippen LogP contribution is 2.23. The minimum atomic E-state index is -0.500. The van der Waals surface area contributed by atoms with Crippen molar-refractivity contribution in [3.63, 3.8) is 0 Å². The van der Waals surface area contributed by atoms with Gasteiger partial charge in [0.1, 0.15) is 30.6 Å². The van der Waals surface area contributed by atoms with Crippen LogP contribution >= 0.6 is 12.4 Å². The molecule has 0 fully saturated rings. The van der Waals surface area contributed by atoms with Gasteiger partial charge in [-0.05, 0) is 195 Å². The molecule has 0 radical (unpaired) electrons. The molecule has 580 valence electrons. The summed E-state index contributed by atoms with van der Waals surface area (Å²) in [5.74, 6) is -1.67. The molecule has 3 aromatic heterocycles. The number of nitrogens with zero attached hydrogens (tertiary/aromatic N) is 9. The quantitative estimate of drug-likeness (QED) is 0.0260. The number of benzene rings is 4. The Hall–Kier alpha value is -8.83.